The second-order valence-electron chi connectivity index (χ2n) is 4.05. The van der Waals surface area contributed by atoms with E-state index in [0.717, 1.165) is 5.56 Å². The molecule has 1 rings (SSSR count). The van der Waals surface area contributed by atoms with Crippen LogP contribution in [0.5, 0.6) is 0 Å². The lowest BCUT2D eigenvalue weighted by molar-refractivity contribution is -0.141. The summed E-state index contributed by atoms with van der Waals surface area (Å²) in [6.45, 7) is 0.679. The van der Waals surface area contributed by atoms with Crippen LogP contribution in [0.25, 0.3) is 0 Å². The van der Waals surface area contributed by atoms with E-state index in [1.165, 1.54) is 0 Å². The molecule has 0 atom stereocenters. The second kappa shape index (κ2) is 7.45. The van der Waals surface area contributed by atoms with Crippen LogP contribution >= 0.6 is 0 Å². The van der Waals surface area contributed by atoms with Crippen LogP contribution in [0, 0.1) is 0 Å². The van der Waals surface area contributed by atoms with Crippen LogP contribution in [0.4, 0.5) is 0 Å². The van der Waals surface area contributed by atoms with Crippen LogP contribution in [0.1, 0.15) is 12.0 Å². The number of aliphatic carboxylic acids is 2. The van der Waals surface area contributed by atoms with Crippen molar-refractivity contribution < 1.29 is 19.8 Å². The predicted molar refractivity (Wildman–Crippen MR) is 66.5 cm³/mol. The van der Waals surface area contributed by atoms with E-state index >= 15 is 0 Å². The van der Waals surface area contributed by atoms with Crippen molar-refractivity contribution in [3.63, 3.8) is 0 Å². The molecule has 98 valence electrons. The van der Waals surface area contributed by atoms with E-state index in [0.29, 0.717) is 13.0 Å². The molecule has 0 fully saturated rings. The number of carbonyl (C=O) groups is 2. The predicted octanol–water partition coefficient (Wildman–Crippen LogP) is 1.09. The van der Waals surface area contributed by atoms with Crippen molar-refractivity contribution in [3.8, 4) is 0 Å². The van der Waals surface area contributed by atoms with Crippen molar-refractivity contribution in [3.05, 3.63) is 35.9 Å². The molecule has 0 radical (unpaired) electrons. The Morgan fingerprint density at radius 2 is 1.67 bits per heavy atom. The van der Waals surface area contributed by atoms with Gasteiger partial charge in [-0.15, -0.1) is 0 Å². The number of benzene rings is 1. The fraction of sp³-hybridized carbons (Fsp3) is 0.385. The Balaban J connectivity index is 2.45. The van der Waals surface area contributed by atoms with Gasteiger partial charge in [-0.25, -0.2) is 0 Å². The van der Waals surface area contributed by atoms with E-state index in [-0.39, 0.29) is 19.5 Å². The van der Waals surface area contributed by atoms with Crippen molar-refractivity contribution in [2.75, 3.05) is 19.6 Å². The molecule has 5 nitrogen and oxygen atoms in total. The molecule has 0 saturated heterocycles. The summed E-state index contributed by atoms with van der Waals surface area (Å²) in [5, 5.41) is 17.4. The molecule has 5 heteroatoms. The third-order valence-corrected chi connectivity index (χ3v) is 2.56. The first-order valence-electron chi connectivity index (χ1n) is 5.78. The maximum absolute atomic E-state index is 10.7. The summed E-state index contributed by atoms with van der Waals surface area (Å²) >= 11 is 0. The van der Waals surface area contributed by atoms with Crippen molar-refractivity contribution >= 4 is 11.9 Å². The molecule has 1 aromatic carbocycles. The summed E-state index contributed by atoms with van der Waals surface area (Å²) in [5.74, 6) is -1.85. The van der Waals surface area contributed by atoms with Crippen LogP contribution in [0.3, 0.4) is 0 Å². The van der Waals surface area contributed by atoms with Crippen LogP contribution in [0.2, 0.25) is 0 Å². The molecule has 2 N–H and O–H groups in total. The van der Waals surface area contributed by atoms with E-state index in [1.54, 1.807) is 4.90 Å². The Kier molecular flexibility index (Phi) is 5.87. The molecule has 18 heavy (non-hydrogen) atoms. The summed E-state index contributed by atoms with van der Waals surface area (Å²) in [5.41, 5.74) is 1.11. The van der Waals surface area contributed by atoms with E-state index in [1.807, 2.05) is 30.3 Å². The zero-order chi connectivity index (χ0) is 13.4. The van der Waals surface area contributed by atoms with Gasteiger partial charge >= 0.3 is 11.9 Å². The molecular weight excluding hydrogens is 234 g/mol. The first-order chi connectivity index (χ1) is 8.58. The van der Waals surface area contributed by atoms with Gasteiger partial charge in [0, 0.05) is 13.1 Å². The van der Waals surface area contributed by atoms with Gasteiger partial charge in [0.2, 0.25) is 0 Å². The normalized spacial score (nSPS) is 10.5. The van der Waals surface area contributed by atoms with Gasteiger partial charge in [0.25, 0.3) is 0 Å². The van der Waals surface area contributed by atoms with E-state index in [2.05, 4.69) is 0 Å². The van der Waals surface area contributed by atoms with Crippen molar-refractivity contribution in [1.82, 2.24) is 4.90 Å². The third-order valence-electron chi connectivity index (χ3n) is 2.56. The number of hydrogen-bond acceptors (Lipinski definition) is 3. The topological polar surface area (TPSA) is 77.8 Å². The molecule has 1 aromatic rings. The fourth-order valence-electron chi connectivity index (χ4n) is 1.65. The summed E-state index contributed by atoms with van der Waals surface area (Å²) in [4.78, 5) is 22.8. The summed E-state index contributed by atoms with van der Waals surface area (Å²) in [6.07, 6.45) is 0.676. The van der Waals surface area contributed by atoms with Gasteiger partial charge in [-0.2, -0.15) is 0 Å². The molecule has 0 saturated carbocycles. The number of hydrogen-bond donors (Lipinski definition) is 2. The summed E-state index contributed by atoms with van der Waals surface area (Å²) in [7, 11) is 0. The lowest BCUT2D eigenvalue weighted by atomic mass is 10.1. The monoisotopic (exact) mass is 251 g/mol. The second-order valence-corrected chi connectivity index (χ2v) is 4.05. The Morgan fingerprint density at radius 1 is 1.00 bits per heavy atom. The van der Waals surface area contributed by atoms with Crippen molar-refractivity contribution in [2.45, 2.75) is 12.8 Å². The summed E-state index contributed by atoms with van der Waals surface area (Å²) in [6, 6.07) is 9.71. The number of rotatable bonds is 8. The lowest BCUT2D eigenvalue weighted by Crippen LogP contribution is -2.33. The minimum absolute atomic E-state index is 0.0396. The Hall–Kier alpha value is -1.88. The maximum atomic E-state index is 10.7. The highest BCUT2D eigenvalue weighted by molar-refractivity contribution is 5.69. The van der Waals surface area contributed by atoms with Crippen molar-refractivity contribution in [1.29, 1.82) is 0 Å². The largest absolute Gasteiger partial charge is 0.481 e. The summed E-state index contributed by atoms with van der Waals surface area (Å²) < 4.78 is 0. The standard InChI is InChI=1S/C13H17NO4/c15-12(16)7-9-14(10-13(17)18)8-6-11-4-2-1-3-5-11/h1-5H,6-10H2,(H,15,16)(H,17,18). The van der Waals surface area contributed by atoms with Gasteiger partial charge in [0.1, 0.15) is 0 Å². The number of nitrogens with zero attached hydrogens (tertiary/aromatic N) is 1. The average molecular weight is 251 g/mol. The van der Waals surface area contributed by atoms with Crippen molar-refractivity contribution in [2.24, 2.45) is 0 Å². The molecule has 0 aliphatic carbocycles. The van der Waals surface area contributed by atoms with Crippen LogP contribution in [-0.2, 0) is 16.0 Å². The highest BCUT2D eigenvalue weighted by atomic mass is 16.4. The van der Waals surface area contributed by atoms with Crippen LogP contribution in [0.15, 0.2) is 30.3 Å². The number of carboxylic acid groups (broad SMARTS) is 2. The number of carboxylic acids is 2. The van der Waals surface area contributed by atoms with Crippen LogP contribution < -0.4 is 0 Å². The molecule has 0 spiro atoms. The first-order valence-corrected chi connectivity index (χ1v) is 5.78. The average Bonchev–Trinajstić information content (AvgIpc) is 2.33. The first kappa shape index (κ1) is 14.2. The Bertz CT molecular complexity index is 391. The van der Waals surface area contributed by atoms with Gasteiger partial charge < -0.3 is 10.2 Å². The molecule has 0 aromatic heterocycles. The quantitative estimate of drug-likeness (QED) is 0.723. The highest BCUT2D eigenvalue weighted by Crippen LogP contribution is 2.02. The Morgan fingerprint density at radius 3 is 2.22 bits per heavy atom. The molecule has 0 aliphatic heterocycles. The molecule has 0 bridgehead atoms. The molecule has 0 aliphatic rings. The lowest BCUT2D eigenvalue weighted by Gasteiger charge is -2.19. The minimum atomic E-state index is -0.937. The zero-order valence-corrected chi connectivity index (χ0v) is 10.1. The molecule has 0 amide bonds. The van der Waals surface area contributed by atoms with Crippen LogP contribution in [-0.4, -0.2) is 46.7 Å². The maximum Gasteiger partial charge on any atom is 0.317 e. The zero-order valence-electron chi connectivity index (χ0n) is 10.1. The van der Waals surface area contributed by atoms with Gasteiger partial charge in [-0.3, -0.25) is 14.5 Å². The van der Waals surface area contributed by atoms with Gasteiger partial charge in [-0.1, -0.05) is 30.3 Å². The Labute approximate surface area is 106 Å². The third kappa shape index (κ3) is 6.00. The molecule has 0 unspecified atom stereocenters. The van der Waals surface area contributed by atoms with Gasteiger partial charge in [0.05, 0.1) is 13.0 Å². The van der Waals surface area contributed by atoms with Gasteiger partial charge in [0.15, 0.2) is 0 Å². The SMILES string of the molecule is O=C(O)CCN(CCc1ccccc1)CC(=O)O. The van der Waals surface area contributed by atoms with E-state index in [9.17, 15) is 9.59 Å². The minimum Gasteiger partial charge on any atom is -0.481 e. The fourth-order valence-corrected chi connectivity index (χ4v) is 1.65. The van der Waals surface area contributed by atoms with Gasteiger partial charge in [-0.05, 0) is 12.0 Å². The molecule has 0 heterocycles. The van der Waals surface area contributed by atoms with E-state index < -0.39 is 11.9 Å². The smallest absolute Gasteiger partial charge is 0.317 e. The molecular formula is C13H17NO4. The van der Waals surface area contributed by atoms with E-state index in [4.69, 9.17) is 10.2 Å². The highest BCUT2D eigenvalue weighted by Gasteiger charge is 2.11.